The maximum Gasteiger partial charge on any atom is 0.252 e. The minimum absolute atomic E-state index is 0.243. The van der Waals surface area contributed by atoms with E-state index < -0.39 is 0 Å². The Kier molecular flexibility index (Phi) is 8.67. The van der Waals surface area contributed by atoms with Crippen LogP contribution in [-0.4, -0.2) is 36.8 Å². The lowest BCUT2D eigenvalue weighted by Crippen LogP contribution is -2.32. The molecule has 1 N–H and O–H groups in total. The van der Waals surface area contributed by atoms with Gasteiger partial charge in [-0.25, -0.2) is 4.98 Å². The van der Waals surface area contributed by atoms with E-state index in [4.69, 9.17) is 19.2 Å². The Bertz CT molecular complexity index is 1310. The highest BCUT2D eigenvalue weighted by Gasteiger charge is 2.25. The standard InChI is InChI=1S/C30H35N3O4/c1-5-6-12-17-33-25-16-11-10-15-23(25)31-29(33)24(18-21-13-8-7-9-14-21)32-30(34)22-19-26(35-2)28(37-4)27(20-22)36-3/h7-11,13-16,19-20,24H,5-6,12,17-18H2,1-4H3,(H,32,34). The van der Waals surface area contributed by atoms with Crippen molar-refractivity contribution in [1.82, 2.24) is 14.9 Å². The van der Waals surface area contributed by atoms with Crippen LogP contribution in [0.4, 0.5) is 0 Å². The number of amides is 1. The molecule has 0 aliphatic rings. The molecule has 1 atom stereocenters. The highest BCUT2D eigenvalue weighted by molar-refractivity contribution is 5.96. The van der Waals surface area contributed by atoms with Crippen molar-refractivity contribution in [2.24, 2.45) is 0 Å². The first-order chi connectivity index (χ1) is 18.1. The summed E-state index contributed by atoms with van der Waals surface area (Å²) in [6.45, 7) is 3.04. The van der Waals surface area contributed by atoms with Crippen molar-refractivity contribution in [3.8, 4) is 17.2 Å². The molecular formula is C30H35N3O4. The molecule has 7 nitrogen and oxygen atoms in total. The summed E-state index contributed by atoms with van der Waals surface area (Å²) < 4.78 is 18.6. The molecule has 0 spiro atoms. The van der Waals surface area contributed by atoms with E-state index in [2.05, 4.69) is 35.0 Å². The minimum atomic E-state index is -0.344. The van der Waals surface area contributed by atoms with Crippen molar-refractivity contribution in [2.45, 2.75) is 45.2 Å². The lowest BCUT2D eigenvalue weighted by atomic mass is 10.0. The van der Waals surface area contributed by atoms with Crippen LogP contribution in [0.25, 0.3) is 11.0 Å². The second-order valence-electron chi connectivity index (χ2n) is 8.95. The number of benzene rings is 3. The number of ether oxygens (including phenoxy) is 3. The zero-order valence-electron chi connectivity index (χ0n) is 22.0. The van der Waals surface area contributed by atoms with E-state index in [0.29, 0.717) is 29.2 Å². The van der Waals surface area contributed by atoms with Crippen LogP contribution in [-0.2, 0) is 13.0 Å². The normalized spacial score (nSPS) is 11.8. The van der Waals surface area contributed by atoms with E-state index in [1.165, 1.54) is 14.2 Å². The van der Waals surface area contributed by atoms with E-state index in [1.807, 2.05) is 36.4 Å². The Morgan fingerprint density at radius 2 is 1.59 bits per heavy atom. The molecule has 1 amide bonds. The fourth-order valence-corrected chi connectivity index (χ4v) is 4.63. The Morgan fingerprint density at radius 3 is 2.24 bits per heavy atom. The Morgan fingerprint density at radius 1 is 0.919 bits per heavy atom. The zero-order chi connectivity index (χ0) is 26.2. The van der Waals surface area contributed by atoms with Gasteiger partial charge in [0.15, 0.2) is 11.5 Å². The van der Waals surface area contributed by atoms with Crippen LogP contribution < -0.4 is 19.5 Å². The van der Waals surface area contributed by atoms with Gasteiger partial charge in [-0.05, 0) is 42.7 Å². The Balaban J connectivity index is 1.75. The number of aromatic nitrogens is 2. The third-order valence-corrected chi connectivity index (χ3v) is 6.50. The number of methoxy groups -OCH3 is 3. The molecule has 1 unspecified atom stereocenters. The smallest absolute Gasteiger partial charge is 0.252 e. The lowest BCUT2D eigenvalue weighted by Gasteiger charge is -2.21. The number of hydrogen-bond acceptors (Lipinski definition) is 5. The first-order valence-electron chi connectivity index (χ1n) is 12.7. The van der Waals surface area contributed by atoms with Gasteiger partial charge in [0.25, 0.3) is 5.91 Å². The van der Waals surface area contributed by atoms with Crippen LogP contribution in [0.1, 0.15) is 54.0 Å². The van der Waals surface area contributed by atoms with Crippen LogP contribution in [0.3, 0.4) is 0 Å². The summed E-state index contributed by atoms with van der Waals surface area (Å²) in [6.07, 6.45) is 3.91. The molecule has 4 rings (SSSR count). The topological polar surface area (TPSA) is 74.6 Å². The monoisotopic (exact) mass is 501 g/mol. The second kappa shape index (κ2) is 12.3. The third-order valence-electron chi connectivity index (χ3n) is 6.50. The average molecular weight is 502 g/mol. The summed E-state index contributed by atoms with van der Waals surface area (Å²) >= 11 is 0. The van der Waals surface area contributed by atoms with E-state index in [0.717, 1.165) is 48.2 Å². The van der Waals surface area contributed by atoms with Gasteiger partial charge < -0.3 is 24.1 Å². The number of unbranched alkanes of at least 4 members (excludes halogenated alkanes) is 2. The van der Waals surface area contributed by atoms with E-state index in [-0.39, 0.29) is 11.9 Å². The molecule has 0 saturated heterocycles. The largest absolute Gasteiger partial charge is 0.493 e. The summed E-state index contributed by atoms with van der Waals surface area (Å²) in [7, 11) is 4.62. The van der Waals surface area contributed by atoms with Gasteiger partial charge >= 0.3 is 0 Å². The molecule has 3 aromatic carbocycles. The molecule has 1 aromatic heterocycles. The van der Waals surface area contributed by atoms with Crippen molar-refractivity contribution in [2.75, 3.05) is 21.3 Å². The van der Waals surface area contributed by atoms with Crippen LogP contribution >= 0.6 is 0 Å². The number of nitrogens with one attached hydrogen (secondary N) is 1. The van der Waals surface area contributed by atoms with Crippen LogP contribution in [0, 0.1) is 0 Å². The first-order valence-corrected chi connectivity index (χ1v) is 12.7. The predicted molar refractivity (Wildman–Crippen MR) is 146 cm³/mol. The van der Waals surface area contributed by atoms with Crippen LogP contribution in [0.15, 0.2) is 66.7 Å². The molecule has 0 aliphatic carbocycles. The van der Waals surface area contributed by atoms with E-state index >= 15 is 0 Å². The summed E-state index contributed by atoms with van der Waals surface area (Å²) in [4.78, 5) is 18.6. The van der Waals surface area contributed by atoms with Crippen LogP contribution in [0.5, 0.6) is 17.2 Å². The highest BCUT2D eigenvalue weighted by atomic mass is 16.5. The van der Waals surface area contributed by atoms with Gasteiger partial charge in [-0.15, -0.1) is 0 Å². The summed E-state index contributed by atoms with van der Waals surface area (Å²) in [5.74, 6) is 1.91. The molecule has 7 heteroatoms. The van der Waals surface area contributed by atoms with Crippen molar-refractivity contribution in [3.63, 3.8) is 0 Å². The zero-order valence-corrected chi connectivity index (χ0v) is 22.0. The molecule has 37 heavy (non-hydrogen) atoms. The summed E-state index contributed by atoms with van der Waals surface area (Å²) in [5.41, 5.74) is 3.54. The number of aryl methyl sites for hydroxylation is 1. The minimum Gasteiger partial charge on any atom is -0.493 e. The Labute approximate surface area is 218 Å². The maximum absolute atomic E-state index is 13.6. The maximum atomic E-state index is 13.6. The number of rotatable bonds is 12. The summed E-state index contributed by atoms with van der Waals surface area (Å²) in [6, 6.07) is 21.3. The van der Waals surface area contributed by atoms with Crippen molar-refractivity contribution < 1.29 is 19.0 Å². The highest BCUT2D eigenvalue weighted by Crippen LogP contribution is 2.38. The molecule has 4 aromatic rings. The van der Waals surface area contributed by atoms with E-state index in [9.17, 15) is 4.79 Å². The fourth-order valence-electron chi connectivity index (χ4n) is 4.63. The molecular weight excluding hydrogens is 466 g/mol. The molecule has 0 aliphatic heterocycles. The number of carbonyl (C=O) groups is 1. The lowest BCUT2D eigenvalue weighted by molar-refractivity contribution is 0.0933. The fraction of sp³-hybridized carbons (Fsp3) is 0.333. The number of nitrogens with zero attached hydrogens (tertiary/aromatic N) is 2. The summed E-state index contributed by atoms with van der Waals surface area (Å²) in [5, 5.41) is 3.26. The van der Waals surface area contributed by atoms with E-state index in [1.54, 1.807) is 19.2 Å². The molecule has 0 fully saturated rings. The molecule has 0 radical (unpaired) electrons. The molecule has 194 valence electrons. The van der Waals surface area contributed by atoms with Gasteiger partial charge in [0.2, 0.25) is 5.75 Å². The van der Waals surface area contributed by atoms with Crippen molar-refractivity contribution in [1.29, 1.82) is 0 Å². The second-order valence-corrected chi connectivity index (χ2v) is 8.95. The third kappa shape index (κ3) is 5.88. The number of fused-ring (bicyclic) bond motifs is 1. The quantitative estimate of drug-likeness (QED) is 0.242. The van der Waals surface area contributed by atoms with Crippen molar-refractivity contribution in [3.05, 3.63) is 83.7 Å². The van der Waals surface area contributed by atoms with Gasteiger partial charge in [0.05, 0.1) is 38.4 Å². The number of para-hydroxylation sites is 2. The van der Waals surface area contributed by atoms with Crippen LogP contribution in [0.2, 0.25) is 0 Å². The average Bonchev–Trinajstić information content (AvgIpc) is 3.31. The van der Waals surface area contributed by atoms with Gasteiger partial charge in [0, 0.05) is 12.1 Å². The Hall–Kier alpha value is -4.00. The SMILES string of the molecule is CCCCCn1c(C(Cc2ccccc2)NC(=O)c2cc(OC)c(OC)c(OC)c2)nc2ccccc21. The van der Waals surface area contributed by atoms with Gasteiger partial charge in [-0.2, -0.15) is 0 Å². The van der Waals surface area contributed by atoms with Gasteiger partial charge in [0.1, 0.15) is 5.82 Å². The predicted octanol–water partition coefficient (Wildman–Crippen LogP) is 5.97. The molecule has 0 saturated carbocycles. The number of imidazole rings is 1. The van der Waals surface area contributed by atoms with Gasteiger partial charge in [-0.1, -0.05) is 62.2 Å². The number of hydrogen-bond donors (Lipinski definition) is 1. The van der Waals surface area contributed by atoms with Gasteiger partial charge in [-0.3, -0.25) is 4.79 Å². The number of carbonyl (C=O) groups excluding carboxylic acids is 1. The molecule has 1 heterocycles. The molecule has 0 bridgehead atoms. The first kappa shape index (κ1) is 26.1. The van der Waals surface area contributed by atoms with Crippen molar-refractivity contribution >= 4 is 16.9 Å².